The van der Waals surface area contributed by atoms with Gasteiger partial charge in [-0.15, -0.1) is 0 Å². The molecule has 0 spiro atoms. The van der Waals surface area contributed by atoms with E-state index in [9.17, 15) is 10.1 Å². The minimum absolute atomic E-state index is 0.238. The lowest BCUT2D eigenvalue weighted by atomic mass is 9.92. The van der Waals surface area contributed by atoms with Crippen molar-refractivity contribution in [3.05, 3.63) is 117 Å². The van der Waals surface area contributed by atoms with Gasteiger partial charge in [0.2, 0.25) is 0 Å². The zero-order chi connectivity index (χ0) is 34.5. The van der Waals surface area contributed by atoms with Crippen LogP contribution in [0.2, 0.25) is 5.02 Å². The Bertz CT molecular complexity index is 1390. The molecule has 2 heterocycles. The van der Waals surface area contributed by atoms with Crippen molar-refractivity contribution in [2.75, 3.05) is 52.9 Å². The number of ether oxygens (including phenoxy) is 1. The van der Waals surface area contributed by atoms with Gasteiger partial charge < -0.3 is 20.3 Å². The lowest BCUT2D eigenvalue weighted by molar-refractivity contribution is -0.404. The SMILES string of the molecule is CN(CCCCCCCNC(=C[N+](=O)[O-])NCCCOc1cccc(CN2CCCCC2)c1)CCC(c1ccc(Cl)cc1)c1ccccn1. The summed E-state index contributed by atoms with van der Waals surface area (Å²) in [5.41, 5.74) is 3.61. The quantitative estimate of drug-likeness (QED) is 0.0590. The monoisotopic (exact) mass is 690 g/mol. The average Bonchev–Trinajstić information content (AvgIpc) is 3.11. The molecule has 1 aliphatic heterocycles. The van der Waals surface area contributed by atoms with Crippen LogP contribution in [0.1, 0.15) is 86.9 Å². The van der Waals surface area contributed by atoms with E-state index >= 15 is 0 Å². The topological polar surface area (TPSA) is 95.8 Å². The van der Waals surface area contributed by atoms with Gasteiger partial charge in [0.1, 0.15) is 5.75 Å². The minimum Gasteiger partial charge on any atom is -0.494 e. The normalized spacial score (nSPS) is 14.5. The Labute approximate surface area is 298 Å². The standard InChI is InChI=1S/C39H55ClN6O3/c1-44(28-21-37(38-16-6-8-22-41-38)34-17-19-35(40)20-18-34)25-9-4-2-3-7-23-42-39(32-46(47)48)43-24-13-29-49-36-15-12-14-33(30-36)31-45-26-10-5-11-27-45/h6,8,12,14-20,22,30,32,37,42-43H,2-5,7,9-11,13,21,23-29,31H2,1H3. The third kappa shape index (κ3) is 15.2. The van der Waals surface area contributed by atoms with Gasteiger partial charge >= 0.3 is 0 Å². The van der Waals surface area contributed by atoms with Gasteiger partial charge in [0, 0.05) is 42.5 Å². The van der Waals surface area contributed by atoms with Gasteiger partial charge in [-0.1, -0.05) is 67.6 Å². The van der Waals surface area contributed by atoms with Crippen molar-refractivity contribution in [3.8, 4) is 5.75 Å². The fourth-order valence-electron chi connectivity index (χ4n) is 6.34. The molecule has 1 unspecified atom stereocenters. The number of nitrogens with one attached hydrogen (secondary N) is 2. The molecule has 9 nitrogen and oxygen atoms in total. The van der Waals surface area contributed by atoms with E-state index in [1.165, 1.54) is 49.9 Å². The smallest absolute Gasteiger partial charge is 0.274 e. The lowest BCUT2D eigenvalue weighted by Crippen LogP contribution is -2.29. The van der Waals surface area contributed by atoms with Crippen molar-refractivity contribution >= 4 is 11.6 Å². The van der Waals surface area contributed by atoms with Crippen LogP contribution in [0.4, 0.5) is 0 Å². The van der Waals surface area contributed by atoms with E-state index in [0.717, 1.165) is 80.8 Å². The molecule has 0 bridgehead atoms. The fraction of sp³-hybridized carbons (Fsp3) is 0.513. The molecule has 1 aliphatic rings. The van der Waals surface area contributed by atoms with Gasteiger partial charge in [-0.05, 0) is 119 Å². The van der Waals surface area contributed by atoms with Crippen LogP contribution >= 0.6 is 11.6 Å². The molecule has 2 aromatic carbocycles. The van der Waals surface area contributed by atoms with Crippen molar-refractivity contribution < 1.29 is 9.66 Å². The lowest BCUT2D eigenvalue weighted by Gasteiger charge is -2.26. The highest BCUT2D eigenvalue weighted by atomic mass is 35.5. The summed E-state index contributed by atoms with van der Waals surface area (Å²) in [4.78, 5) is 20.3. The fourth-order valence-corrected chi connectivity index (χ4v) is 6.46. The van der Waals surface area contributed by atoms with Gasteiger partial charge in [0.15, 0.2) is 5.82 Å². The van der Waals surface area contributed by atoms with Crippen LogP contribution in [0, 0.1) is 10.1 Å². The number of piperidine rings is 1. The van der Waals surface area contributed by atoms with Crippen molar-refractivity contribution in [1.29, 1.82) is 0 Å². The first kappa shape index (κ1) is 38.1. The van der Waals surface area contributed by atoms with Crippen LogP contribution in [-0.4, -0.2) is 72.6 Å². The molecule has 10 heteroatoms. The number of likely N-dealkylation sites (tertiary alicyclic amines) is 1. The summed E-state index contributed by atoms with van der Waals surface area (Å²) in [6, 6.07) is 22.6. The first-order chi connectivity index (χ1) is 24.0. The summed E-state index contributed by atoms with van der Waals surface area (Å²) in [7, 11) is 2.19. The zero-order valence-electron chi connectivity index (χ0n) is 29.2. The summed E-state index contributed by atoms with van der Waals surface area (Å²) in [5, 5.41) is 18.3. The predicted octanol–water partition coefficient (Wildman–Crippen LogP) is 7.85. The van der Waals surface area contributed by atoms with E-state index in [0.29, 0.717) is 25.5 Å². The molecular weight excluding hydrogens is 636 g/mol. The number of rotatable bonds is 23. The van der Waals surface area contributed by atoms with E-state index in [2.05, 4.69) is 74.9 Å². The maximum Gasteiger partial charge on any atom is 0.274 e. The van der Waals surface area contributed by atoms with Crippen LogP contribution in [0.25, 0.3) is 0 Å². The number of benzene rings is 2. The van der Waals surface area contributed by atoms with E-state index in [1.54, 1.807) is 0 Å². The van der Waals surface area contributed by atoms with Crippen molar-refractivity contribution in [2.24, 2.45) is 0 Å². The van der Waals surface area contributed by atoms with Crippen LogP contribution in [0.5, 0.6) is 5.75 Å². The molecule has 1 atom stereocenters. The predicted molar refractivity (Wildman–Crippen MR) is 199 cm³/mol. The van der Waals surface area contributed by atoms with Crippen LogP contribution in [0.3, 0.4) is 0 Å². The van der Waals surface area contributed by atoms with Crippen LogP contribution in [-0.2, 0) is 6.54 Å². The van der Waals surface area contributed by atoms with Gasteiger partial charge in [0.25, 0.3) is 6.20 Å². The van der Waals surface area contributed by atoms with Gasteiger partial charge in [-0.25, -0.2) is 0 Å². The highest BCUT2D eigenvalue weighted by molar-refractivity contribution is 6.30. The summed E-state index contributed by atoms with van der Waals surface area (Å²) in [5.74, 6) is 1.57. The zero-order valence-corrected chi connectivity index (χ0v) is 30.0. The van der Waals surface area contributed by atoms with E-state index in [4.69, 9.17) is 16.3 Å². The molecule has 3 aromatic rings. The first-order valence-electron chi connectivity index (χ1n) is 18.1. The van der Waals surface area contributed by atoms with Crippen molar-refractivity contribution in [2.45, 2.75) is 76.7 Å². The summed E-state index contributed by atoms with van der Waals surface area (Å²) in [6.45, 7) is 7.20. The number of unbranched alkanes of at least 4 members (excludes halogenated alkanes) is 4. The molecule has 0 radical (unpaired) electrons. The first-order valence-corrected chi connectivity index (χ1v) is 18.5. The molecular formula is C39H55ClN6O3. The van der Waals surface area contributed by atoms with E-state index in [-0.39, 0.29) is 5.92 Å². The second kappa shape index (κ2) is 22.1. The highest BCUT2D eigenvalue weighted by Gasteiger charge is 2.16. The van der Waals surface area contributed by atoms with Crippen molar-refractivity contribution in [1.82, 2.24) is 25.4 Å². The molecule has 4 rings (SSSR count). The summed E-state index contributed by atoms with van der Waals surface area (Å²) in [6.07, 6.45) is 14.1. The average molecular weight is 691 g/mol. The highest BCUT2D eigenvalue weighted by Crippen LogP contribution is 2.28. The summed E-state index contributed by atoms with van der Waals surface area (Å²) < 4.78 is 5.98. The molecule has 1 aromatic heterocycles. The number of nitro groups is 1. The Kier molecular flexibility index (Phi) is 17.2. The van der Waals surface area contributed by atoms with E-state index in [1.807, 2.05) is 30.5 Å². The number of hydrogen-bond donors (Lipinski definition) is 2. The third-order valence-corrected chi connectivity index (χ3v) is 9.29. The molecule has 2 N–H and O–H groups in total. The molecule has 49 heavy (non-hydrogen) atoms. The Hall–Kier alpha value is -3.66. The number of hydrogen-bond acceptors (Lipinski definition) is 8. The Morgan fingerprint density at radius 1 is 0.959 bits per heavy atom. The summed E-state index contributed by atoms with van der Waals surface area (Å²) >= 11 is 6.14. The second-order valence-electron chi connectivity index (χ2n) is 13.1. The van der Waals surface area contributed by atoms with Crippen LogP contribution in [0.15, 0.2) is 84.9 Å². The number of nitrogens with zero attached hydrogens (tertiary/aromatic N) is 4. The third-order valence-electron chi connectivity index (χ3n) is 9.04. The number of pyridine rings is 1. The molecule has 0 amide bonds. The Morgan fingerprint density at radius 2 is 1.71 bits per heavy atom. The largest absolute Gasteiger partial charge is 0.494 e. The molecule has 266 valence electrons. The number of halogens is 1. The molecule has 0 aliphatic carbocycles. The van der Waals surface area contributed by atoms with Gasteiger partial charge in [-0.2, -0.15) is 0 Å². The Morgan fingerprint density at radius 3 is 2.47 bits per heavy atom. The van der Waals surface area contributed by atoms with E-state index < -0.39 is 4.92 Å². The van der Waals surface area contributed by atoms with Gasteiger partial charge in [-0.3, -0.25) is 20.0 Å². The molecule has 0 saturated carbocycles. The maximum atomic E-state index is 11.2. The second-order valence-corrected chi connectivity index (χ2v) is 13.5. The van der Waals surface area contributed by atoms with Crippen molar-refractivity contribution in [3.63, 3.8) is 0 Å². The Balaban J connectivity index is 1.05. The number of aromatic nitrogens is 1. The molecule has 1 saturated heterocycles. The maximum absolute atomic E-state index is 11.2. The molecule has 1 fully saturated rings. The van der Waals surface area contributed by atoms with Gasteiger partial charge in [0.05, 0.1) is 11.5 Å². The minimum atomic E-state index is -0.412. The van der Waals surface area contributed by atoms with Crippen LogP contribution < -0.4 is 15.4 Å².